The van der Waals surface area contributed by atoms with Crippen LogP contribution in [0.5, 0.6) is 5.75 Å². The fourth-order valence-electron chi connectivity index (χ4n) is 2.39. The van der Waals surface area contributed by atoms with Crippen LogP contribution in [0.25, 0.3) is 0 Å². The summed E-state index contributed by atoms with van der Waals surface area (Å²) < 4.78 is 29.7. The molecule has 1 fully saturated rings. The van der Waals surface area contributed by atoms with Crippen LogP contribution in [0.4, 0.5) is 8.78 Å². The maximum Gasteiger partial charge on any atom is 0.387 e. The molecule has 1 unspecified atom stereocenters. The van der Waals surface area contributed by atoms with Gasteiger partial charge in [0.05, 0.1) is 6.54 Å². The summed E-state index contributed by atoms with van der Waals surface area (Å²) in [6, 6.07) is 5.09. The monoisotopic (exact) mass is 339 g/mol. The Labute approximate surface area is 137 Å². The second-order valence-electron chi connectivity index (χ2n) is 5.83. The number of halogens is 2. The molecule has 1 aromatic heterocycles. The van der Waals surface area contributed by atoms with E-state index in [-0.39, 0.29) is 11.8 Å². The minimum absolute atomic E-state index is 0.128. The predicted molar refractivity (Wildman–Crippen MR) is 84.9 cm³/mol. The van der Waals surface area contributed by atoms with Gasteiger partial charge in [0.25, 0.3) is 0 Å². The van der Waals surface area contributed by atoms with Gasteiger partial charge in [-0.15, -0.1) is 10.2 Å². The van der Waals surface area contributed by atoms with Crippen molar-refractivity contribution < 1.29 is 13.5 Å². The third-order valence-corrected chi connectivity index (χ3v) is 4.90. The van der Waals surface area contributed by atoms with E-state index in [2.05, 4.69) is 20.3 Å². The Morgan fingerprint density at radius 1 is 1.35 bits per heavy atom. The van der Waals surface area contributed by atoms with E-state index in [1.54, 1.807) is 23.5 Å². The Balaban J connectivity index is 1.66. The first-order chi connectivity index (χ1) is 11.0. The molecule has 0 saturated heterocycles. The van der Waals surface area contributed by atoms with Crippen LogP contribution in [0, 0.1) is 6.92 Å². The van der Waals surface area contributed by atoms with Crippen LogP contribution in [-0.4, -0.2) is 16.8 Å². The van der Waals surface area contributed by atoms with Crippen molar-refractivity contribution in [1.29, 1.82) is 0 Å². The van der Waals surface area contributed by atoms with E-state index in [1.807, 2.05) is 19.9 Å². The lowest BCUT2D eigenvalue weighted by Gasteiger charge is -2.18. The van der Waals surface area contributed by atoms with Gasteiger partial charge in [0.1, 0.15) is 15.8 Å². The van der Waals surface area contributed by atoms with E-state index in [9.17, 15) is 8.78 Å². The first kappa shape index (κ1) is 16.3. The highest BCUT2D eigenvalue weighted by Gasteiger charge is 2.27. The summed E-state index contributed by atoms with van der Waals surface area (Å²) in [6.07, 6.45) is 2.41. The van der Waals surface area contributed by atoms with E-state index < -0.39 is 6.61 Å². The average Bonchev–Trinajstić information content (AvgIpc) is 3.25. The van der Waals surface area contributed by atoms with Crippen molar-refractivity contribution in [3.05, 3.63) is 39.3 Å². The first-order valence-electron chi connectivity index (χ1n) is 7.64. The quantitative estimate of drug-likeness (QED) is 0.822. The highest BCUT2D eigenvalue weighted by atomic mass is 32.1. The molecule has 1 heterocycles. The predicted octanol–water partition coefficient (Wildman–Crippen LogP) is 4.18. The molecule has 1 aliphatic carbocycles. The first-order valence-corrected chi connectivity index (χ1v) is 8.45. The molecule has 1 N–H and O–H groups in total. The fraction of sp³-hybridized carbons (Fsp3) is 0.500. The molecular formula is C16H19F2N3OS. The Kier molecular flexibility index (Phi) is 4.87. The normalized spacial score (nSPS) is 15.9. The molecule has 1 atom stereocenters. The van der Waals surface area contributed by atoms with Crippen molar-refractivity contribution in [3.8, 4) is 5.75 Å². The molecular weight excluding hydrogens is 320 g/mol. The summed E-state index contributed by atoms with van der Waals surface area (Å²) in [5.74, 6) is 0.808. The van der Waals surface area contributed by atoms with Crippen molar-refractivity contribution in [1.82, 2.24) is 15.5 Å². The van der Waals surface area contributed by atoms with Gasteiger partial charge in [0.2, 0.25) is 0 Å². The average molecular weight is 339 g/mol. The smallest absolute Gasteiger partial charge is 0.387 e. The highest BCUT2D eigenvalue weighted by molar-refractivity contribution is 7.11. The van der Waals surface area contributed by atoms with Gasteiger partial charge in [-0.2, -0.15) is 8.78 Å². The number of benzene rings is 1. The fourth-order valence-corrected chi connectivity index (χ4v) is 3.36. The molecule has 2 aromatic rings. The number of nitrogens with one attached hydrogen (secondary N) is 1. The molecule has 4 nitrogen and oxygen atoms in total. The summed E-state index contributed by atoms with van der Waals surface area (Å²) >= 11 is 1.62. The van der Waals surface area contributed by atoms with Crippen LogP contribution in [0.3, 0.4) is 0 Å². The second kappa shape index (κ2) is 6.88. The third-order valence-electron chi connectivity index (χ3n) is 3.82. The van der Waals surface area contributed by atoms with Crippen molar-refractivity contribution in [3.63, 3.8) is 0 Å². The molecule has 0 bridgehead atoms. The van der Waals surface area contributed by atoms with Crippen LogP contribution in [-0.2, 0) is 6.54 Å². The van der Waals surface area contributed by atoms with Crippen LogP contribution in [0.1, 0.15) is 52.9 Å². The van der Waals surface area contributed by atoms with Crippen molar-refractivity contribution in [2.24, 2.45) is 0 Å². The lowest BCUT2D eigenvalue weighted by Crippen LogP contribution is -2.19. The number of rotatable bonds is 7. The second-order valence-corrected chi connectivity index (χ2v) is 6.92. The third kappa shape index (κ3) is 4.23. The van der Waals surface area contributed by atoms with Gasteiger partial charge in [0.15, 0.2) is 0 Å². The number of hydrogen-bond donors (Lipinski definition) is 1. The van der Waals surface area contributed by atoms with Crippen molar-refractivity contribution >= 4 is 11.3 Å². The Morgan fingerprint density at radius 2 is 2.13 bits per heavy atom. The van der Waals surface area contributed by atoms with Crippen LogP contribution < -0.4 is 10.1 Å². The minimum atomic E-state index is -2.83. The molecule has 0 spiro atoms. The lowest BCUT2D eigenvalue weighted by atomic mass is 10.0. The zero-order chi connectivity index (χ0) is 16.4. The van der Waals surface area contributed by atoms with Crippen LogP contribution in [0.15, 0.2) is 18.2 Å². The molecule has 1 aromatic carbocycles. The van der Waals surface area contributed by atoms with E-state index >= 15 is 0 Å². The highest BCUT2D eigenvalue weighted by Crippen LogP contribution is 2.41. The SMILES string of the molecule is Cc1ccc(OC(F)F)c(C(C)NCc2nnc(C3CC3)s2)c1. The lowest BCUT2D eigenvalue weighted by molar-refractivity contribution is -0.0506. The van der Waals surface area contributed by atoms with Crippen LogP contribution >= 0.6 is 11.3 Å². The molecule has 0 radical (unpaired) electrons. The Hall–Kier alpha value is -1.60. The summed E-state index contributed by atoms with van der Waals surface area (Å²) in [7, 11) is 0. The minimum Gasteiger partial charge on any atom is -0.434 e. The molecule has 7 heteroatoms. The number of hydrogen-bond acceptors (Lipinski definition) is 5. The zero-order valence-corrected chi connectivity index (χ0v) is 13.9. The van der Waals surface area contributed by atoms with Gasteiger partial charge in [0, 0.05) is 17.5 Å². The number of ether oxygens (including phenoxy) is 1. The molecule has 1 saturated carbocycles. The van der Waals surface area contributed by atoms with Crippen molar-refractivity contribution in [2.75, 3.05) is 0 Å². The molecule has 1 aliphatic rings. The standard InChI is InChI=1S/C16H19F2N3OS/c1-9-3-6-13(22-16(17)18)12(7-9)10(2)19-8-14-20-21-15(23-14)11-4-5-11/h3,6-7,10-11,16,19H,4-5,8H2,1-2H3. The van der Waals surface area contributed by atoms with Gasteiger partial charge >= 0.3 is 6.61 Å². The molecule has 3 rings (SSSR count). The molecule has 0 amide bonds. The molecule has 124 valence electrons. The maximum atomic E-state index is 12.5. The summed E-state index contributed by atoms with van der Waals surface area (Å²) in [4.78, 5) is 0. The van der Waals surface area contributed by atoms with E-state index in [4.69, 9.17) is 0 Å². The number of alkyl halides is 2. The Morgan fingerprint density at radius 3 is 2.83 bits per heavy atom. The van der Waals surface area contributed by atoms with Gasteiger partial charge in [-0.25, -0.2) is 0 Å². The summed E-state index contributed by atoms with van der Waals surface area (Å²) in [5.41, 5.74) is 1.72. The largest absolute Gasteiger partial charge is 0.434 e. The summed E-state index contributed by atoms with van der Waals surface area (Å²) in [5, 5.41) is 13.7. The number of aryl methyl sites for hydroxylation is 1. The maximum absolute atomic E-state index is 12.5. The van der Waals surface area contributed by atoms with E-state index in [0.717, 1.165) is 21.1 Å². The zero-order valence-electron chi connectivity index (χ0n) is 13.1. The van der Waals surface area contributed by atoms with Crippen LogP contribution in [0.2, 0.25) is 0 Å². The number of aromatic nitrogens is 2. The van der Waals surface area contributed by atoms with Crippen molar-refractivity contribution in [2.45, 2.75) is 51.8 Å². The van der Waals surface area contributed by atoms with Gasteiger partial charge in [-0.05, 0) is 32.8 Å². The molecule has 0 aliphatic heterocycles. The van der Waals surface area contributed by atoms with Gasteiger partial charge < -0.3 is 10.1 Å². The summed E-state index contributed by atoms with van der Waals surface area (Å²) in [6.45, 7) is 1.59. The number of nitrogens with zero attached hydrogens (tertiary/aromatic N) is 2. The van der Waals surface area contributed by atoms with Gasteiger partial charge in [-0.1, -0.05) is 29.0 Å². The topological polar surface area (TPSA) is 47.0 Å². The molecule has 23 heavy (non-hydrogen) atoms. The Bertz CT molecular complexity index is 673. The van der Waals surface area contributed by atoms with Gasteiger partial charge in [-0.3, -0.25) is 0 Å². The van der Waals surface area contributed by atoms with E-state index in [1.165, 1.54) is 12.8 Å². The van der Waals surface area contributed by atoms with E-state index in [0.29, 0.717) is 12.5 Å².